The van der Waals surface area contributed by atoms with Gasteiger partial charge in [0.15, 0.2) is 5.11 Å². The maximum absolute atomic E-state index is 5.48. The van der Waals surface area contributed by atoms with Gasteiger partial charge in [-0.1, -0.05) is 0 Å². The van der Waals surface area contributed by atoms with Crippen molar-refractivity contribution in [2.45, 2.75) is 12.2 Å². The van der Waals surface area contributed by atoms with Crippen LogP contribution >= 0.6 is 12.2 Å². The second kappa shape index (κ2) is 4.02. The second-order valence-corrected chi connectivity index (χ2v) is 3.21. The molecule has 1 aliphatic heterocycles. The van der Waals surface area contributed by atoms with Gasteiger partial charge in [0.1, 0.15) is 12.2 Å². The number of ether oxygens (including phenoxy) is 2. The molecule has 1 aliphatic rings. The van der Waals surface area contributed by atoms with E-state index in [1.807, 2.05) is 4.90 Å². The second-order valence-electron chi connectivity index (χ2n) is 2.79. The molecule has 70 valence electrons. The molecule has 4 nitrogen and oxygen atoms in total. The number of methoxy groups -OCH3 is 2. The highest BCUT2D eigenvalue weighted by atomic mass is 32.1. The molecule has 0 aromatic rings. The fourth-order valence-corrected chi connectivity index (χ4v) is 1.53. The minimum atomic E-state index is 0.0801. The summed E-state index contributed by atoms with van der Waals surface area (Å²) < 4.78 is 10.4. The predicted molar refractivity (Wildman–Crippen MR) is 50.0 cm³/mol. The first-order valence-electron chi connectivity index (χ1n) is 3.79. The van der Waals surface area contributed by atoms with Gasteiger partial charge in [0, 0.05) is 27.3 Å². The summed E-state index contributed by atoms with van der Waals surface area (Å²) in [6, 6.07) is 0. The SMILES string of the molecule is COC1CN(C(N)=S)CC1OC. The first-order valence-corrected chi connectivity index (χ1v) is 4.19. The number of hydrogen-bond acceptors (Lipinski definition) is 3. The summed E-state index contributed by atoms with van der Waals surface area (Å²) in [5.74, 6) is 0. The highest BCUT2D eigenvalue weighted by Gasteiger charge is 2.33. The van der Waals surface area contributed by atoms with Crippen molar-refractivity contribution in [2.24, 2.45) is 5.73 Å². The highest BCUT2D eigenvalue weighted by molar-refractivity contribution is 7.80. The maximum atomic E-state index is 5.48. The lowest BCUT2D eigenvalue weighted by molar-refractivity contribution is -0.00461. The van der Waals surface area contributed by atoms with Crippen LogP contribution in [0, 0.1) is 0 Å². The summed E-state index contributed by atoms with van der Waals surface area (Å²) in [4.78, 5) is 1.89. The molecule has 1 heterocycles. The first-order chi connectivity index (χ1) is 5.69. The molecule has 2 N–H and O–H groups in total. The summed E-state index contributed by atoms with van der Waals surface area (Å²) in [7, 11) is 3.33. The normalized spacial score (nSPS) is 29.3. The quantitative estimate of drug-likeness (QED) is 0.599. The minimum Gasteiger partial charge on any atom is -0.377 e. The predicted octanol–water partition coefficient (Wildman–Crippen LogP) is -0.424. The van der Waals surface area contributed by atoms with Crippen molar-refractivity contribution in [1.82, 2.24) is 4.90 Å². The Morgan fingerprint density at radius 1 is 1.33 bits per heavy atom. The summed E-state index contributed by atoms with van der Waals surface area (Å²) in [5.41, 5.74) is 5.48. The smallest absolute Gasteiger partial charge is 0.166 e. The molecule has 2 atom stereocenters. The highest BCUT2D eigenvalue weighted by Crippen LogP contribution is 2.14. The Morgan fingerprint density at radius 3 is 2.00 bits per heavy atom. The van der Waals surface area contributed by atoms with Crippen LogP contribution in [0.4, 0.5) is 0 Å². The van der Waals surface area contributed by atoms with Gasteiger partial charge in [0.05, 0.1) is 0 Å². The monoisotopic (exact) mass is 190 g/mol. The van der Waals surface area contributed by atoms with Crippen LogP contribution in [0.1, 0.15) is 0 Å². The standard InChI is InChI=1S/C7H14N2O2S/c1-10-5-3-9(7(8)12)4-6(5)11-2/h5-6H,3-4H2,1-2H3,(H2,8,12). The van der Waals surface area contributed by atoms with Crippen molar-refractivity contribution < 1.29 is 9.47 Å². The lowest BCUT2D eigenvalue weighted by Crippen LogP contribution is -2.34. The molecular formula is C7H14N2O2S. The van der Waals surface area contributed by atoms with Crippen molar-refractivity contribution in [3.05, 3.63) is 0 Å². The van der Waals surface area contributed by atoms with Gasteiger partial charge in [-0.25, -0.2) is 0 Å². The summed E-state index contributed by atoms with van der Waals surface area (Å²) in [6.07, 6.45) is 0.160. The number of likely N-dealkylation sites (tertiary alicyclic amines) is 1. The van der Waals surface area contributed by atoms with E-state index in [2.05, 4.69) is 0 Å². The van der Waals surface area contributed by atoms with E-state index in [-0.39, 0.29) is 12.2 Å². The fraction of sp³-hybridized carbons (Fsp3) is 0.857. The molecule has 2 unspecified atom stereocenters. The van der Waals surface area contributed by atoms with Crippen molar-refractivity contribution >= 4 is 17.3 Å². The zero-order valence-electron chi connectivity index (χ0n) is 7.32. The van der Waals surface area contributed by atoms with E-state index >= 15 is 0 Å². The Morgan fingerprint density at radius 2 is 1.75 bits per heavy atom. The molecule has 0 aromatic heterocycles. The summed E-state index contributed by atoms with van der Waals surface area (Å²) in [6.45, 7) is 1.45. The van der Waals surface area contributed by atoms with Gasteiger partial charge in [-0.05, 0) is 12.2 Å². The van der Waals surface area contributed by atoms with Crippen molar-refractivity contribution in [3.8, 4) is 0 Å². The van der Waals surface area contributed by atoms with Gasteiger partial charge < -0.3 is 20.1 Å². The van der Waals surface area contributed by atoms with Crippen LogP contribution in [0.15, 0.2) is 0 Å². The Bertz CT molecular complexity index is 165. The molecule has 1 saturated heterocycles. The number of rotatable bonds is 2. The van der Waals surface area contributed by atoms with Gasteiger partial charge in [0.25, 0.3) is 0 Å². The van der Waals surface area contributed by atoms with E-state index in [4.69, 9.17) is 27.4 Å². The Labute approximate surface area is 77.6 Å². The average molecular weight is 190 g/mol. The molecule has 0 bridgehead atoms. The Hall–Kier alpha value is -0.390. The van der Waals surface area contributed by atoms with Crippen LogP contribution in [0.25, 0.3) is 0 Å². The Balaban J connectivity index is 2.53. The van der Waals surface area contributed by atoms with Crippen LogP contribution in [-0.2, 0) is 9.47 Å². The largest absolute Gasteiger partial charge is 0.377 e. The molecule has 0 aliphatic carbocycles. The molecule has 12 heavy (non-hydrogen) atoms. The fourth-order valence-electron chi connectivity index (χ4n) is 1.38. The topological polar surface area (TPSA) is 47.7 Å². The van der Waals surface area contributed by atoms with Crippen LogP contribution in [0.5, 0.6) is 0 Å². The first kappa shape index (κ1) is 9.70. The molecule has 5 heteroatoms. The molecular weight excluding hydrogens is 176 g/mol. The molecule has 1 fully saturated rings. The molecule has 0 radical (unpaired) electrons. The van der Waals surface area contributed by atoms with E-state index in [0.717, 1.165) is 13.1 Å². The zero-order chi connectivity index (χ0) is 9.14. The van der Waals surface area contributed by atoms with Crippen molar-refractivity contribution in [2.75, 3.05) is 27.3 Å². The number of hydrogen-bond donors (Lipinski definition) is 1. The maximum Gasteiger partial charge on any atom is 0.166 e. The van der Waals surface area contributed by atoms with Gasteiger partial charge in [0.2, 0.25) is 0 Å². The lowest BCUT2D eigenvalue weighted by Gasteiger charge is -2.14. The van der Waals surface area contributed by atoms with E-state index in [9.17, 15) is 0 Å². The summed E-state index contributed by atoms with van der Waals surface area (Å²) in [5, 5.41) is 0.414. The van der Waals surface area contributed by atoms with Gasteiger partial charge in [-0.15, -0.1) is 0 Å². The van der Waals surface area contributed by atoms with E-state index < -0.39 is 0 Å². The third kappa shape index (κ3) is 1.85. The van der Waals surface area contributed by atoms with Crippen LogP contribution in [0.2, 0.25) is 0 Å². The number of thiocarbonyl (C=S) groups is 1. The van der Waals surface area contributed by atoms with E-state index in [1.165, 1.54) is 0 Å². The van der Waals surface area contributed by atoms with Crippen molar-refractivity contribution in [3.63, 3.8) is 0 Å². The summed E-state index contributed by atoms with van der Waals surface area (Å²) >= 11 is 4.85. The van der Waals surface area contributed by atoms with Gasteiger partial charge in [-0.2, -0.15) is 0 Å². The minimum absolute atomic E-state index is 0.0801. The molecule has 0 aromatic carbocycles. The molecule has 0 amide bonds. The molecule has 0 spiro atoms. The van der Waals surface area contributed by atoms with Gasteiger partial charge >= 0.3 is 0 Å². The van der Waals surface area contributed by atoms with Gasteiger partial charge in [-0.3, -0.25) is 0 Å². The number of nitrogens with zero attached hydrogens (tertiary/aromatic N) is 1. The van der Waals surface area contributed by atoms with Crippen LogP contribution < -0.4 is 5.73 Å². The number of nitrogens with two attached hydrogens (primary N) is 1. The van der Waals surface area contributed by atoms with Crippen LogP contribution in [-0.4, -0.2) is 49.5 Å². The molecule has 1 rings (SSSR count). The molecule has 0 saturated carbocycles. The van der Waals surface area contributed by atoms with Crippen LogP contribution in [0.3, 0.4) is 0 Å². The third-order valence-corrected chi connectivity index (χ3v) is 2.39. The lowest BCUT2D eigenvalue weighted by atomic mass is 10.3. The zero-order valence-corrected chi connectivity index (χ0v) is 8.13. The Kier molecular flexibility index (Phi) is 3.25. The van der Waals surface area contributed by atoms with Crippen molar-refractivity contribution in [1.29, 1.82) is 0 Å². The third-order valence-electron chi connectivity index (χ3n) is 2.13. The average Bonchev–Trinajstić information content (AvgIpc) is 2.46. The van der Waals surface area contributed by atoms with E-state index in [1.54, 1.807) is 14.2 Å². The van der Waals surface area contributed by atoms with E-state index in [0.29, 0.717) is 5.11 Å².